The lowest BCUT2D eigenvalue weighted by Gasteiger charge is -2.17. The van der Waals surface area contributed by atoms with Gasteiger partial charge in [-0.2, -0.15) is 0 Å². The highest BCUT2D eigenvalue weighted by atomic mass is 16.1. The van der Waals surface area contributed by atoms with E-state index in [4.69, 9.17) is 0 Å². The minimum absolute atomic E-state index is 0.280. The molecule has 2 rings (SSSR count). The van der Waals surface area contributed by atoms with Gasteiger partial charge in [-0.15, -0.1) is 0 Å². The molecule has 1 saturated carbocycles. The Morgan fingerprint density at radius 2 is 1.68 bits per heavy atom. The van der Waals surface area contributed by atoms with Crippen LogP contribution < -0.4 is 0 Å². The zero-order chi connectivity index (χ0) is 14.0. The second kappa shape index (κ2) is 5.90. The number of Topliss-reactive ketones (excluding diaryl/α,β-unsaturated/α-hetero) is 1. The van der Waals surface area contributed by atoms with Crippen LogP contribution in [0.5, 0.6) is 0 Å². The lowest BCUT2D eigenvalue weighted by Crippen LogP contribution is -2.14. The molecular formula is C18H26O. The quantitative estimate of drug-likeness (QED) is 0.669. The smallest absolute Gasteiger partial charge is 0.166 e. The zero-order valence-corrected chi connectivity index (χ0v) is 12.7. The van der Waals surface area contributed by atoms with Gasteiger partial charge in [0.2, 0.25) is 0 Å². The van der Waals surface area contributed by atoms with Gasteiger partial charge in [0, 0.05) is 11.5 Å². The molecule has 0 amide bonds. The number of rotatable bonds is 4. The van der Waals surface area contributed by atoms with Crippen molar-refractivity contribution in [2.24, 2.45) is 5.92 Å². The average Bonchev–Trinajstić information content (AvgIpc) is 2.90. The summed E-state index contributed by atoms with van der Waals surface area (Å²) in [6, 6.07) is 6.46. The van der Waals surface area contributed by atoms with E-state index < -0.39 is 0 Å². The van der Waals surface area contributed by atoms with Gasteiger partial charge in [0.25, 0.3) is 0 Å². The van der Waals surface area contributed by atoms with Crippen LogP contribution in [0.25, 0.3) is 0 Å². The first-order valence-corrected chi connectivity index (χ1v) is 7.68. The molecule has 1 nitrogen and oxygen atoms in total. The number of benzene rings is 1. The van der Waals surface area contributed by atoms with E-state index >= 15 is 0 Å². The van der Waals surface area contributed by atoms with Crippen molar-refractivity contribution in [1.29, 1.82) is 0 Å². The Balaban J connectivity index is 2.35. The fourth-order valence-electron chi connectivity index (χ4n) is 3.05. The normalized spacial score (nSPS) is 16.5. The maximum atomic E-state index is 12.7. The SMILES string of the molecule is CC(C)c1ccc(C(=O)C2CCCC2)c(C(C)C)c1. The first kappa shape index (κ1) is 14.3. The number of carbonyl (C=O) groups is 1. The van der Waals surface area contributed by atoms with Crippen LogP contribution in [0.2, 0.25) is 0 Å². The molecule has 0 aliphatic heterocycles. The van der Waals surface area contributed by atoms with E-state index in [1.54, 1.807) is 0 Å². The van der Waals surface area contributed by atoms with Crippen LogP contribution in [0.15, 0.2) is 18.2 Å². The van der Waals surface area contributed by atoms with Crippen molar-refractivity contribution < 1.29 is 4.79 Å². The molecule has 1 aromatic carbocycles. The Bertz CT molecular complexity index is 451. The molecule has 0 heterocycles. The van der Waals surface area contributed by atoms with Gasteiger partial charge in [0.1, 0.15) is 0 Å². The van der Waals surface area contributed by atoms with Crippen LogP contribution in [0.4, 0.5) is 0 Å². The van der Waals surface area contributed by atoms with Crippen molar-refractivity contribution in [1.82, 2.24) is 0 Å². The molecule has 1 fully saturated rings. The first-order chi connectivity index (χ1) is 9.00. The van der Waals surface area contributed by atoms with Gasteiger partial charge in [-0.1, -0.05) is 58.7 Å². The molecule has 0 N–H and O–H groups in total. The van der Waals surface area contributed by atoms with E-state index in [-0.39, 0.29) is 5.92 Å². The first-order valence-electron chi connectivity index (χ1n) is 7.68. The molecule has 0 aromatic heterocycles. The third-order valence-electron chi connectivity index (χ3n) is 4.36. The van der Waals surface area contributed by atoms with Crippen LogP contribution in [0, 0.1) is 5.92 Å². The second-order valence-corrected chi connectivity index (χ2v) is 6.50. The van der Waals surface area contributed by atoms with Crippen molar-refractivity contribution in [2.45, 2.75) is 65.2 Å². The zero-order valence-electron chi connectivity index (χ0n) is 12.7. The summed E-state index contributed by atoms with van der Waals surface area (Å²) in [6.45, 7) is 8.78. The van der Waals surface area contributed by atoms with Crippen LogP contribution in [0.3, 0.4) is 0 Å². The molecule has 1 aliphatic carbocycles. The predicted octanol–water partition coefficient (Wildman–Crippen LogP) is 5.31. The third kappa shape index (κ3) is 3.08. The average molecular weight is 258 g/mol. The van der Waals surface area contributed by atoms with Crippen molar-refractivity contribution in [2.75, 3.05) is 0 Å². The van der Waals surface area contributed by atoms with Gasteiger partial charge in [-0.25, -0.2) is 0 Å². The molecule has 1 aromatic rings. The number of hydrogen-bond acceptors (Lipinski definition) is 1. The maximum Gasteiger partial charge on any atom is 0.166 e. The van der Waals surface area contributed by atoms with E-state index in [0.29, 0.717) is 17.6 Å². The fourth-order valence-corrected chi connectivity index (χ4v) is 3.05. The van der Waals surface area contributed by atoms with Crippen molar-refractivity contribution in [3.8, 4) is 0 Å². The lowest BCUT2D eigenvalue weighted by molar-refractivity contribution is 0.0921. The number of ketones is 1. The summed E-state index contributed by atoms with van der Waals surface area (Å²) in [5, 5.41) is 0. The van der Waals surface area contributed by atoms with Gasteiger partial charge >= 0.3 is 0 Å². The van der Waals surface area contributed by atoms with Crippen LogP contribution >= 0.6 is 0 Å². The van der Waals surface area contributed by atoms with Crippen LogP contribution in [0.1, 0.15) is 86.7 Å². The molecular weight excluding hydrogens is 232 g/mol. The molecule has 0 spiro atoms. The minimum atomic E-state index is 0.280. The van der Waals surface area contributed by atoms with E-state index in [1.807, 2.05) is 0 Å². The minimum Gasteiger partial charge on any atom is -0.294 e. The summed E-state index contributed by atoms with van der Waals surface area (Å²) in [7, 11) is 0. The van der Waals surface area contributed by atoms with Crippen LogP contribution in [-0.4, -0.2) is 5.78 Å². The monoisotopic (exact) mass is 258 g/mol. The summed E-state index contributed by atoms with van der Waals surface area (Å²) in [5.74, 6) is 1.60. The highest BCUT2D eigenvalue weighted by Crippen LogP contribution is 2.32. The van der Waals surface area contributed by atoms with Gasteiger partial charge in [0.05, 0.1) is 0 Å². The maximum absolute atomic E-state index is 12.7. The molecule has 1 heteroatoms. The summed E-state index contributed by atoms with van der Waals surface area (Å²) < 4.78 is 0. The molecule has 0 saturated heterocycles. The molecule has 0 bridgehead atoms. The van der Waals surface area contributed by atoms with Crippen molar-refractivity contribution in [3.05, 3.63) is 34.9 Å². The Kier molecular flexibility index (Phi) is 4.44. The van der Waals surface area contributed by atoms with Gasteiger partial charge in [0.15, 0.2) is 5.78 Å². The highest BCUT2D eigenvalue weighted by Gasteiger charge is 2.26. The Morgan fingerprint density at radius 3 is 2.21 bits per heavy atom. The summed E-state index contributed by atoms with van der Waals surface area (Å²) >= 11 is 0. The predicted molar refractivity (Wildman–Crippen MR) is 80.9 cm³/mol. The van der Waals surface area contributed by atoms with Gasteiger partial charge < -0.3 is 0 Å². The topological polar surface area (TPSA) is 17.1 Å². The molecule has 1 aliphatic rings. The van der Waals surface area contributed by atoms with E-state index in [0.717, 1.165) is 18.4 Å². The Morgan fingerprint density at radius 1 is 1.05 bits per heavy atom. The van der Waals surface area contributed by atoms with E-state index in [1.165, 1.54) is 24.0 Å². The van der Waals surface area contributed by atoms with E-state index in [9.17, 15) is 4.79 Å². The second-order valence-electron chi connectivity index (χ2n) is 6.50. The summed E-state index contributed by atoms with van der Waals surface area (Å²) in [4.78, 5) is 12.7. The molecule has 104 valence electrons. The Hall–Kier alpha value is -1.11. The van der Waals surface area contributed by atoms with Gasteiger partial charge in [-0.05, 0) is 35.8 Å². The van der Waals surface area contributed by atoms with Crippen molar-refractivity contribution in [3.63, 3.8) is 0 Å². The fraction of sp³-hybridized carbons (Fsp3) is 0.611. The van der Waals surface area contributed by atoms with Crippen molar-refractivity contribution >= 4 is 5.78 Å². The van der Waals surface area contributed by atoms with E-state index in [2.05, 4.69) is 45.9 Å². The molecule has 0 unspecified atom stereocenters. The number of carbonyl (C=O) groups excluding carboxylic acids is 1. The standard InChI is InChI=1S/C18H26O/c1-12(2)15-9-10-16(17(11-15)13(3)4)18(19)14-7-5-6-8-14/h9-14H,5-8H2,1-4H3. The largest absolute Gasteiger partial charge is 0.294 e. The lowest BCUT2D eigenvalue weighted by atomic mass is 9.86. The van der Waals surface area contributed by atoms with Crippen LogP contribution in [-0.2, 0) is 0 Å². The summed E-state index contributed by atoms with van der Waals surface area (Å²) in [5.41, 5.74) is 3.56. The Labute approximate surface area is 117 Å². The molecule has 0 atom stereocenters. The highest BCUT2D eigenvalue weighted by molar-refractivity contribution is 5.99. The number of hydrogen-bond donors (Lipinski definition) is 0. The molecule has 0 radical (unpaired) electrons. The molecule has 19 heavy (non-hydrogen) atoms. The summed E-state index contributed by atoms with van der Waals surface area (Å²) in [6.07, 6.45) is 4.61. The van der Waals surface area contributed by atoms with Gasteiger partial charge in [-0.3, -0.25) is 4.79 Å². The third-order valence-corrected chi connectivity index (χ3v) is 4.36.